The molecule has 0 bridgehead atoms. The Hall–Kier alpha value is -1.28. The molecule has 2 aromatic rings. The van der Waals surface area contributed by atoms with Gasteiger partial charge in [0.05, 0.1) is 11.6 Å². The number of nitrogens with zero attached hydrogens (tertiary/aromatic N) is 1. The molecular weight excluding hydrogens is 210 g/mol. The molecule has 0 radical (unpaired) electrons. The van der Waals surface area contributed by atoms with Gasteiger partial charge in [0.2, 0.25) is 5.89 Å². The van der Waals surface area contributed by atoms with Gasteiger partial charge in [0, 0.05) is 5.56 Å². The third kappa shape index (κ3) is 2.05. The number of hydrogen-bond acceptors (Lipinski definition) is 2. The first-order chi connectivity index (χ1) is 7.20. The molecule has 0 saturated heterocycles. The van der Waals surface area contributed by atoms with Crippen molar-refractivity contribution < 1.29 is 4.42 Å². The van der Waals surface area contributed by atoms with Gasteiger partial charge in [0.1, 0.15) is 5.76 Å². The van der Waals surface area contributed by atoms with E-state index in [9.17, 15) is 0 Å². The van der Waals surface area contributed by atoms with Crippen molar-refractivity contribution in [1.82, 2.24) is 4.98 Å². The number of benzene rings is 1. The van der Waals surface area contributed by atoms with Gasteiger partial charge in [-0.05, 0) is 26.0 Å². The van der Waals surface area contributed by atoms with Gasteiger partial charge in [0.15, 0.2) is 0 Å². The molecule has 0 N–H and O–H groups in total. The summed E-state index contributed by atoms with van der Waals surface area (Å²) in [6, 6.07) is 8.06. The average Bonchev–Trinajstić information content (AvgIpc) is 2.60. The van der Waals surface area contributed by atoms with E-state index in [0.717, 1.165) is 17.0 Å². The summed E-state index contributed by atoms with van der Waals surface area (Å²) in [5.74, 6) is 1.83. The molecule has 2 nitrogen and oxygen atoms in total. The monoisotopic (exact) mass is 221 g/mol. The number of hydrogen-bond donors (Lipinski definition) is 0. The van der Waals surface area contributed by atoms with Gasteiger partial charge < -0.3 is 4.42 Å². The minimum absolute atomic E-state index is 0.390. The second-order valence-electron chi connectivity index (χ2n) is 3.53. The summed E-state index contributed by atoms with van der Waals surface area (Å²) in [5.41, 5.74) is 3.00. The molecule has 0 atom stereocenters. The van der Waals surface area contributed by atoms with Gasteiger partial charge in [-0.25, -0.2) is 4.98 Å². The van der Waals surface area contributed by atoms with Crippen LogP contribution in [-0.2, 0) is 5.88 Å². The zero-order valence-corrected chi connectivity index (χ0v) is 9.51. The Morgan fingerprint density at radius 1 is 1.33 bits per heavy atom. The normalized spacial score (nSPS) is 10.6. The first-order valence-corrected chi connectivity index (χ1v) is 5.33. The van der Waals surface area contributed by atoms with Crippen molar-refractivity contribution in [2.45, 2.75) is 19.7 Å². The highest BCUT2D eigenvalue weighted by Crippen LogP contribution is 2.23. The maximum atomic E-state index is 5.74. The molecule has 0 aliphatic rings. The second-order valence-corrected chi connectivity index (χ2v) is 3.79. The summed E-state index contributed by atoms with van der Waals surface area (Å²) in [6.07, 6.45) is 0. The molecule has 0 spiro atoms. The lowest BCUT2D eigenvalue weighted by Gasteiger charge is -1.96. The van der Waals surface area contributed by atoms with Crippen molar-refractivity contribution in [1.29, 1.82) is 0 Å². The van der Waals surface area contributed by atoms with Crippen molar-refractivity contribution in [3.05, 3.63) is 41.3 Å². The summed E-state index contributed by atoms with van der Waals surface area (Å²) in [4.78, 5) is 4.34. The van der Waals surface area contributed by atoms with Gasteiger partial charge in [-0.3, -0.25) is 0 Å². The van der Waals surface area contributed by atoms with E-state index in [4.69, 9.17) is 16.0 Å². The number of alkyl halides is 1. The molecule has 0 aliphatic carbocycles. The number of aromatic nitrogens is 1. The van der Waals surface area contributed by atoms with E-state index in [2.05, 4.69) is 4.98 Å². The zero-order valence-electron chi connectivity index (χ0n) is 8.75. The molecule has 0 saturated carbocycles. The molecule has 3 heteroatoms. The van der Waals surface area contributed by atoms with E-state index in [1.54, 1.807) is 0 Å². The van der Waals surface area contributed by atoms with Crippen molar-refractivity contribution in [2.75, 3.05) is 0 Å². The third-order valence-corrected chi connectivity index (χ3v) is 2.54. The molecule has 0 amide bonds. The van der Waals surface area contributed by atoms with Gasteiger partial charge in [-0.1, -0.05) is 17.7 Å². The van der Waals surface area contributed by atoms with Crippen LogP contribution in [0.25, 0.3) is 11.5 Å². The molecule has 15 heavy (non-hydrogen) atoms. The number of halogens is 1. The minimum Gasteiger partial charge on any atom is -0.441 e. The first kappa shape index (κ1) is 10.2. The number of aryl methyl sites for hydroxylation is 2. The Morgan fingerprint density at radius 2 is 2.13 bits per heavy atom. The fourth-order valence-corrected chi connectivity index (χ4v) is 1.70. The quantitative estimate of drug-likeness (QED) is 0.723. The SMILES string of the molecule is Cc1cccc(-c2nc(CCl)c(C)o2)c1. The highest BCUT2D eigenvalue weighted by molar-refractivity contribution is 6.16. The van der Waals surface area contributed by atoms with Crippen molar-refractivity contribution in [3.8, 4) is 11.5 Å². The Morgan fingerprint density at radius 3 is 2.73 bits per heavy atom. The van der Waals surface area contributed by atoms with Crippen LogP contribution in [0.5, 0.6) is 0 Å². The van der Waals surface area contributed by atoms with E-state index in [0.29, 0.717) is 11.8 Å². The maximum Gasteiger partial charge on any atom is 0.226 e. The topological polar surface area (TPSA) is 26.0 Å². The van der Waals surface area contributed by atoms with Crippen LogP contribution in [0.1, 0.15) is 17.0 Å². The largest absolute Gasteiger partial charge is 0.441 e. The summed E-state index contributed by atoms with van der Waals surface area (Å²) in [5, 5.41) is 0. The van der Waals surface area contributed by atoms with Crippen LogP contribution in [0.2, 0.25) is 0 Å². The first-order valence-electron chi connectivity index (χ1n) is 4.80. The molecule has 1 aromatic carbocycles. The van der Waals surface area contributed by atoms with Crippen LogP contribution in [0.3, 0.4) is 0 Å². The predicted octanol–water partition coefficient (Wildman–Crippen LogP) is 3.70. The van der Waals surface area contributed by atoms with E-state index in [1.807, 2.05) is 38.1 Å². The van der Waals surface area contributed by atoms with Crippen LogP contribution in [0.15, 0.2) is 28.7 Å². The summed E-state index contributed by atoms with van der Waals surface area (Å²) in [6.45, 7) is 3.92. The minimum atomic E-state index is 0.390. The van der Waals surface area contributed by atoms with E-state index < -0.39 is 0 Å². The maximum absolute atomic E-state index is 5.74. The zero-order chi connectivity index (χ0) is 10.8. The van der Waals surface area contributed by atoms with Gasteiger partial charge in [-0.2, -0.15) is 0 Å². The molecule has 78 valence electrons. The second kappa shape index (κ2) is 4.07. The van der Waals surface area contributed by atoms with Crippen LogP contribution < -0.4 is 0 Å². The highest BCUT2D eigenvalue weighted by atomic mass is 35.5. The Bertz CT molecular complexity index is 476. The third-order valence-electron chi connectivity index (χ3n) is 2.28. The van der Waals surface area contributed by atoms with E-state index in [-0.39, 0.29) is 0 Å². The lowest BCUT2D eigenvalue weighted by atomic mass is 10.1. The van der Waals surface area contributed by atoms with Gasteiger partial charge in [-0.15, -0.1) is 11.6 Å². The Labute approximate surface area is 93.9 Å². The molecule has 0 aliphatic heterocycles. The fourth-order valence-electron chi connectivity index (χ4n) is 1.45. The predicted molar refractivity (Wildman–Crippen MR) is 61.0 cm³/mol. The molecule has 0 unspecified atom stereocenters. The standard InChI is InChI=1S/C12H12ClNO/c1-8-4-3-5-10(6-8)12-14-11(7-13)9(2)15-12/h3-6H,7H2,1-2H3. The van der Waals surface area contributed by atoms with Crippen molar-refractivity contribution in [3.63, 3.8) is 0 Å². The Balaban J connectivity index is 2.45. The number of rotatable bonds is 2. The smallest absolute Gasteiger partial charge is 0.226 e. The lowest BCUT2D eigenvalue weighted by Crippen LogP contribution is -1.81. The number of oxazole rings is 1. The highest BCUT2D eigenvalue weighted by Gasteiger charge is 2.09. The van der Waals surface area contributed by atoms with Crippen molar-refractivity contribution >= 4 is 11.6 Å². The van der Waals surface area contributed by atoms with Crippen LogP contribution in [0.4, 0.5) is 0 Å². The summed E-state index contributed by atoms with van der Waals surface area (Å²) in [7, 11) is 0. The van der Waals surface area contributed by atoms with Crippen LogP contribution >= 0.6 is 11.6 Å². The average molecular weight is 222 g/mol. The van der Waals surface area contributed by atoms with E-state index >= 15 is 0 Å². The summed E-state index contributed by atoms with van der Waals surface area (Å²) >= 11 is 5.74. The fraction of sp³-hybridized carbons (Fsp3) is 0.250. The Kier molecular flexibility index (Phi) is 2.78. The van der Waals surface area contributed by atoms with Crippen LogP contribution in [0, 0.1) is 13.8 Å². The lowest BCUT2D eigenvalue weighted by molar-refractivity contribution is 0.540. The molecule has 1 heterocycles. The molecule has 0 fully saturated rings. The summed E-state index contributed by atoms with van der Waals surface area (Å²) < 4.78 is 5.55. The molecule has 2 rings (SSSR count). The van der Waals surface area contributed by atoms with Gasteiger partial charge >= 0.3 is 0 Å². The van der Waals surface area contributed by atoms with Crippen LogP contribution in [-0.4, -0.2) is 4.98 Å². The molecule has 1 aromatic heterocycles. The molecular formula is C12H12ClNO. The van der Waals surface area contributed by atoms with Gasteiger partial charge in [0.25, 0.3) is 0 Å². The van der Waals surface area contributed by atoms with E-state index in [1.165, 1.54) is 5.56 Å². The van der Waals surface area contributed by atoms with Crippen molar-refractivity contribution in [2.24, 2.45) is 0 Å².